The van der Waals surface area contributed by atoms with Crippen molar-refractivity contribution >= 4 is 28.5 Å². The van der Waals surface area contributed by atoms with Crippen molar-refractivity contribution in [1.29, 1.82) is 0 Å². The highest BCUT2D eigenvalue weighted by atomic mass is 32.2. The largest absolute Gasteiger partial charge is 0.480 e. The maximum absolute atomic E-state index is 11.1. The lowest BCUT2D eigenvalue weighted by molar-refractivity contribution is -0.136. The molecule has 0 saturated heterocycles. The molecule has 3 nitrogen and oxygen atoms in total. The van der Waals surface area contributed by atoms with Crippen molar-refractivity contribution in [2.45, 2.75) is 12.2 Å². The maximum atomic E-state index is 11.1. The number of carboxylic acids is 1. The van der Waals surface area contributed by atoms with Gasteiger partial charge in [-0.25, -0.2) is 0 Å². The Labute approximate surface area is 73.0 Å². The second-order valence-electron chi connectivity index (χ2n) is 2.06. The highest BCUT2D eigenvalue weighted by Gasteiger charge is 2.17. The van der Waals surface area contributed by atoms with Crippen LogP contribution >= 0.6 is 11.8 Å². The summed E-state index contributed by atoms with van der Waals surface area (Å²) in [4.78, 5) is 10.3. The Kier molecular flexibility index (Phi) is 5.58. The van der Waals surface area contributed by atoms with E-state index >= 15 is 0 Å². The summed E-state index contributed by atoms with van der Waals surface area (Å²) >= 11 is 1.57. The van der Waals surface area contributed by atoms with Crippen LogP contribution in [0.5, 0.6) is 0 Å². The van der Waals surface area contributed by atoms with E-state index in [4.69, 9.17) is 5.11 Å². The normalized spacial score (nSPS) is 15.8. The summed E-state index contributed by atoms with van der Waals surface area (Å²) in [6, 6.07) is 0. The van der Waals surface area contributed by atoms with E-state index in [1.807, 2.05) is 6.26 Å². The molecule has 2 unspecified atom stereocenters. The smallest absolute Gasteiger partial charge is 0.318 e. The van der Waals surface area contributed by atoms with E-state index in [1.165, 1.54) is 6.92 Å². The Bertz CT molecular complexity index is 158. The van der Waals surface area contributed by atoms with E-state index in [-0.39, 0.29) is 0 Å². The van der Waals surface area contributed by atoms with Gasteiger partial charge < -0.3 is 5.11 Å². The lowest BCUT2D eigenvalue weighted by Gasteiger charge is -2.04. The Hall–Kier alpha value is -0.0300. The van der Waals surface area contributed by atoms with Gasteiger partial charge in [0.2, 0.25) is 0 Å². The van der Waals surface area contributed by atoms with Crippen molar-refractivity contribution in [3.63, 3.8) is 0 Å². The summed E-state index contributed by atoms with van der Waals surface area (Å²) in [5.74, 6) is 0.239. The first-order valence-electron chi connectivity index (χ1n) is 3.18. The minimum atomic E-state index is -1.22. The standard InChI is InChI=1S/C6H12O3S2/c1-5(6(7)8)11(9)4-3-10-2/h5H,3-4H2,1-2H3,(H,7,8). The molecular formula is C6H12O3S2. The van der Waals surface area contributed by atoms with Crippen LogP contribution < -0.4 is 0 Å². The van der Waals surface area contributed by atoms with Crippen molar-refractivity contribution in [3.05, 3.63) is 0 Å². The first kappa shape index (κ1) is 11.0. The lowest BCUT2D eigenvalue weighted by Crippen LogP contribution is -2.24. The molecule has 0 saturated carbocycles. The first-order valence-corrected chi connectivity index (χ1v) is 5.96. The fourth-order valence-corrected chi connectivity index (χ4v) is 2.36. The Morgan fingerprint density at radius 3 is 2.64 bits per heavy atom. The zero-order valence-corrected chi connectivity index (χ0v) is 8.20. The average molecular weight is 196 g/mol. The van der Waals surface area contributed by atoms with E-state index in [0.717, 1.165) is 5.75 Å². The predicted molar refractivity (Wildman–Crippen MR) is 48.5 cm³/mol. The zero-order valence-electron chi connectivity index (χ0n) is 6.57. The third kappa shape index (κ3) is 4.42. The molecule has 0 aliphatic heterocycles. The van der Waals surface area contributed by atoms with Gasteiger partial charge >= 0.3 is 5.97 Å². The molecule has 1 N–H and O–H groups in total. The van der Waals surface area contributed by atoms with Crippen LogP contribution in [-0.2, 0) is 15.6 Å². The number of rotatable bonds is 5. The number of aliphatic carboxylic acids is 1. The maximum Gasteiger partial charge on any atom is 0.318 e. The summed E-state index contributed by atoms with van der Waals surface area (Å²) in [6.07, 6.45) is 1.91. The van der Waals surface area contributed by atoms with Crippen LogP contribution in [0.3, 0.4) is 0 Å². The number of hydrogen-bond donors (Lipinski definition) is 1. The van der Waals surface area contributed by atoms with Gasteiger partial charge in [-0.05, 0) is 13.2 Å². The second-order valence-corrected chi connectivity index (χ2v) is 4.92. The Balaban J connectivity index is 3.74. The number of thioether (sulfide) groups is 1. The third-order valence-electron chi connectivity index (χ3n) is 1.23. The predicted octanol–water partition coefficient (Wildman–Crippen LogP) is 0.571. The molecule has 0 radical (unpaired) electrons. The minimum Gasteiger partial charge on any atom is -0.480 e. The van der Waals surface area contributed by atoms with Crippen molar-refractivity contribution in [3.8, 4) is 0 Å². The molecule has 0 aromatic rings. The molecule has 0 bridgehead atoms. The van der Waals surface area contributed by atoms with E-state index in [9.17, 15) is 9.00 Å². The Morgan fingerprint density at radius 1 is 1.73 bits per heavy atom. The third-order valence-corrected chi connectivity index (χ3v) is 3.70. The fourth-order valence-electron chi connectivity index (χ4n) is 0.455. The van der Waals surface area contributed by atoms with Crippen LogP contribution in [0.15, 0.2) is 0 Å². The van der Waals surface area contributed by atoms with Crippen molar-refractivity contribution < 1.29 is 14.1 Å². The second kappa shape index (κ2) is 5.60. The van der Waals surface area contributed by atoms with E-state index in [2.05, 4.69) is 0 Å². The van der Waals surface area contributed by atoms with Gasteiger partial charge in [-0.2, -0.15) is 11.8 Å². The van der Waals surface area contributed by atoms with Crippen LogP contribution in [0.1, 0.15) is 6.92 Å². The van der Waals surface area contributed by atoms with E-state index in [1.54, 1.807) is 11.8 Å². The molecule has 0 heterocycles. The zero-order chi connectivity index (χ0) is 8.85. The fraction of sp³-hybridized carbons (Fsp3) is 0.833. The summed E-state index contributed by atoms with van der Waals surface area (Å²) < 4.78 is 11.1. The van der Waals surface area contributed by atoms with Gasteiger partial charge in [0.1, 0.15) is 5.25 Å². The van der Waals surface area contributed by atoms with E-state index in [0.29, 0.717) is 5.75 Å². The highest BCUT2D eigenvalue weighted by Crippen LogP contribution is 1.99. The molecule has 2 atom stereocenters. The van der Waals surface area contributed by atoms with Gasteiger partial charge in [0.15, 0.2) is 0 Å². The van der Waals surface area contributed by atoms with Gasteiger partial charge in [-0.1, -0.05) is 0 Å². The monoisotopic (exact) mass is 196 g/mol. The molecule has 0 amide bonds. The van der Waals surface area contributed by atoms with E-state index < -0.39 is 22.0 Å². The van der Waals surface area contributed by atoms with Gasteiger partial charge in [0.25, 0.3) is 0 Å². The molecule has 0 rings (SSSR count). The quantitative estimate of drug-likeness (QED) is 0.698. The summed E-state index contributed by atoms with van der Waals surface area (Å²) in [7, 11) is -1.22. The Morgan fingerprint density at radius 2 is 2.27 bits per heavy atom. The molecule has 5 heteroatoms. The van der Waals surface area contributed by atoms with Crippen LogP contribution in [0.25, 0.3) is 0 Å². The molecule has 0 spiro atoms. The molecule has 66 valence electrons. The topological polar surface area (TPSA) is 54.4 Å². The summed E-state index contributed by atoms with van der Waals surface area (Å²) in [5.41, 5.74) is 0. The molecule has 11 heavy (non-hydrogen) atoms. The molecule has 0 aromatic heterocycles. The van der Waals surface area contributed by atoms with Crippen LogP contribution in [-0.4, -0.2) is 38.3 Å². The molecule has 0 aliphatic rings. The van der Waals surface area contributed by atoms with Crippen molar-refractivity contribution in [1.82, 2.24) is 0 Å². The van der Waals surface area contributed by atoms with Crippen LogP contribution in [0.2, 0.25) is 0 Å². The molecule has 0 aromatic carbocycles. The van der Waals surface area contributed by atoms with Gasteiger partial charge in [-0.15, -0.1) is 0 Å². The summed E-state index contributed by atoms with van der Waals surface area (Å²) in [5, 5.41) is 7.72. The minimum absolute atomic E-state index is 0.467. The molecular weight excluding hydrogens is 184 g/mol. The SMILES string of the molecule is CSCCS(=O)C(C)C(=O)O. The van der Waals surface area contributed by atoms with Crippen LogP contribution in [0.4, 0.5) is 0 Å². The van der Waals surface area contributed by atoms with Crippen LogP contribution in [0, 0.1) is 0 Å². The number of carbonyl (C=O) groups is 1. The highest BCUT2D eigenvalue weighted by molar-refractivity contribution is 7.99. The number of hydrogen-bond acceptors (Lipinski definition) is 3. The molecule has 0 aliphatic carbocycles. The summed E-state index contributed by atoms with van der Waals surface area (Å²) in [6.45, 7) is 1.47. The van der Waals surface area contributed by atoms with Crippen molar-refractivity contribution in [2.24, 2.45) is 0 Å². The first-order chi connectivity index (χ1) is 5.09. The number of carboxylic acid groups (broad SMARTS) is 1. The average Bonchev–Trinajstić information content (AvgIpc) is 1.98. The van der Waals surface area contributed by atoms with Gasteiger partial charge in [0.05, 0.1) is 0 Å². The van der Waals surface area contributed by atoms with Crippen molar-refractivity contribution in [2.75, 3.05) is 17.8 Å². The molecule has 0 fully saturated rings. The lowest BCUT2D eigenvalue weighted by atomic mass is 10.5. The van der Waals surface area contributed by atoms with Gasteiger partial charge in [0, 0.05) is 22.3 Å². The van der Waals surface area contributed by atoms with Gasteiger partial charge in [-0.3, -0.25) is 9.00 Å².